The molecular formula is C20H29N3O3. The number of anilines is 1. The molecule has 0 aliphatic rings. The van der Waals surface area contributed by atoms with Crippen LogP contribution in [0.5, 0.6) is 0 Å². The molecule has 142 valence electrons. The van der Waals surface area contributed by atoms with Crippen molar-refractivity contribution in [3.05, 3.63) is 41.1 Å². The zero-order chi connectivity index (χ0) is 19.4. The van der Waals surface area contributed by atoms with E-state index in [1.807, 2.05) is 52.0 Å². The lowest BCUT2D eigenvalue weighted by Gasteiger charge is -2.17. The van der Waals surface area contributed by atoms with Crippen molar-refractivity contribution < 1.29 is 14.3 Å². The number of rotatable bonds is 11. The predicted octanol–water partition coefficient (Wildman–Crippen LogP) is 3.15. The van der Waals surface area contributed by atoms with E-state index in [0.29, 0.717) is 19.8 Å². The lowest BCUT2D eigenvalue weighted by molar-refractivity contribution is -0.131. The summed E-state index contributed by atoms with van der Waals surface area (Å²) in [7, 11) is 0. The highest BCUT2D eigenvalue weighted by atomic mass is 16.7. The Morgan fingerprint density at radius 2 is 1.73 bits per heavy atom. The minimum atomic E-state index is -0.431. The molecule has 0 fully saturated rings. The van der Waals surface area contributed by atoms with Crippen molar-refractivity contribution in [2.45, 2.75) is 46.8 Å². The standard InChI is InChI=1S/C20H29N3O3/c1-5-15-10-9-11-16(6-2)19(15)23-20(24)17(12-21)13-22-14-18(25-7-3)26-8-4/h9-11,13,18,22H,5-8,14H2,1-4H3,(H,23,24)/b17-13-. The molecule has 26 heavy (non-hydrogen) atoms. The van der Waals surface area contributed by atoms with E-state index in [0.717, 1.165) is 29.7 Å². The molecule has 0 aliphatic heterocycles. The highest BCUT2D eigenvalue weighted by Crippen LogP contribution is 2.23. The van der Waals surface area contributed by atoms with Crippen LogP contribution in [-0.2, 0) is 27.1 Å². The van der Waals surface area contributed by atoms with Gasteiger partial charge in [0.1, 0.15) is 11.6 Å². The van der Waals surface area contributed by atoms with Crippen LogP contribution in [0.4, 0.5) is 5.69 Å². The highest BCUT2D eigenvalue weighted by molar-refractivity contribution is 6.07. The molecule has 1 rings (SSSR count). The van der Waals surface area contributed by atoms with E-state index >= 15 is 0 Å². The molecule has 1 aromatic carbocycles. The smallest absolute Gasteiger partial charge is 0.267 e. The number of aryl methyl sites for hydroxylation is 2. The molecule has 0 saturated carbocycles. The number of hydrogen-bond donors (Lipinski definition) is 2. The van der Waals surface area contributed by atoms with Gasteiger partial charge in [-0.1, -0.05) is 32.0 Å². The zero-order valence-corrected chi connectivity index (χ0v) is 16.1. The summed E-state index contributed by atoms with van der Waals surface area (Å²) in [6.07, 6.45) is 2.59. The SMILES string of the molecule is CCOC(CN/C=C(/C#N)C(=O)Nc1c(CC)cccc1CC)OCC. The maximum absolute atomic E-state index is 12.5. The summed E-state index contributed by atoms with van der Waals surface area (Å²) in [4.78, 5) is 12.5. The average Bonchev–Trinajstić information content (AvgIpc) is 2.65. The van der Waals surface area contributed by atoms with Gasteiger partial charge in [0, 0.05) is 25.1 Å². The van der Waals surface area contributed by atoms with Crippen molar-refractivity contribution in [3.8, 4) is 6.07 Å². The number of hydrogen-bond acceptors (Lipinski definition) is 5. The summed E-state index contributed by atoms with van der Waals surface area (Å²) in [6, 6.07) is 7.89. The summed E-state index contributed by atoms with van der Waals surface area (Å²) < 4.78 is 10.8. The molecule has 1 aromatic rings. The van der Waals surface area contributed by atoms with Crippen molar-refractivity contribution in [2.75, 3.05) is 25.1 Å². The van der Waals surface area contributed by atoms with E-state index in [9.17, 15) is 10.1 Å². The van der Waals surface area contributed by atoms with Crippen molar-refractivity contribution in [2.24, 2.45) is 0 Å². The molecule has 0 aliphatic carbocycles. The van der Waals surface area contributed by atoms with E-state index in [1.165, 1.54) is 6.20 Å². The first-order valence-corrected chi connectivity index (χ1v) is 9.10. The second-order valence-electron chi connectivity index (χ2n) is 5.53. The molecular weight excluding hydrogens is 330 g/mol. The molecule has 0 atom stereocenters. The fraction of sp³-hybridized carbons (Fsp3) is 0.500. The number of nitriles is 1. The molecule has 0 radical (unpaired) electrons. The van der Waals surface area contributed by atoms with Crippen LogP contribution in [0, 0.1) is 11.3 Å². The molecule has 6 nitrogen and oxygen atoms in total. The van der Waals surface area contributed by atoms with Crippen molar-refractivity contribution in [1.29, 1.82) is 5.26 Å². The molecule has 0 aromatic heterocycles. The summed E-state index contributed by atoms with van der Waals surface area (Å²) in [6.45, 7) is 9.23. The Kier molecular flexibility index (Phi) is 10.1. The quantitative estimate of drug-likeness (QED) is 0.360. The second-order valence-corrected chi connectivity index (χ2v) is 5.53. The molecule has 0 bridgehead atoms. The number of nitrogens with one attached hydrogen (secondary N) is 2. The molecule has 6 heteroatoms. The predicted molar refractivity (Wildman–Crippen MR) is 103 cm³/mol. The number of ether oxygens (including phenoxy) is 2. The van der Waals surface area contributed by atoms with E-state index in [-0.39, 0.29) is 5.57 Å². The van der Waals surface area contributed by atoms with E-state index < -0.39 is 12.2 Å². The molecule has 2 N–H and O–H groups in total. The first kappa shape index (κ1) is 21.7. The normalized spacial score (nSPS) is 11.3. The number of carbonyl (C=O) groups excluding carboxylic acids is 1. The summed E-state index contributed by atoms with van der Waals surface area (Å²) >= 11 is 0. The van der Waals surface area contributed by atoms with Crippen molar-refractivity contribution >= 4 is 11.6 Å². The van der Waals surface area contributed by atoms with Crippen LogP contribution in [-0.4, -0.2) is 32.0 Å². The van der Waals surface area contributed by atoms with Crippen LogP contribution in [0.25, 0.3) is 0 Å². The van der Waals surface area contributed by atoms with Gasteiger partial charge in [0.2, 0.25) is 0 Å². The van der Waals surface area contributed by atoms with Gasteiger partial charge in [-0.25, -0.2) is 0 Å². The van der Waals surface area contributed by atoms with Gasteiger partial charge in [0.05, 0.1) is 6.54 Å². The summed E-state index contributed by atoms with van der Waals surface area (Å²) in [5.74, 6) is -0.431. The minimum absolute atomic E-state index is 0.00436. The third-order valence-corrected chi connectivity index (χ3v) is 3.84. The maximum atomic E-state index is 12.5. The minimum Gasteiger partial charge on any atom is -0.385 e. The Morgan fingerprint density at radius 1 is 1.15 bits per heavy atom. The van der Waals surface area contributed by atoms with E-state index in [1.54, 1.807) is 0 Å². The molecule has 0 unspecified atom stereocenters. The molecule has 0 saturated heterocycles. The van der Waals surface area contributed by atoms with Gasteiger partial charge in [-0.3, -0.25) is 4.79 Å². The number of amides is 1. The second kappa shape index (κ2) is 12.1. The van der Waals surface area contributed by atoms with Crippen LogP contribution < -0.4 is 10.6 Å². The Labute approximate surface area is 156 Å². The lowest BCUT2D eigenvalue weighted by Crippen LogP contribution is -2.29. The van der Waals surface area contributed by atoms with Crippen LogP contribution in [0.1, 0.15) is 38.8 Å². The van der Waals surface area contributed by atoms with Crippen molar-refractivity contribution in [1.82, 2.24) is 5.32 Å². The number of benzene rings is 1. The van der Waals surface area contributed by atoms with Crippen molar-refractivity contribution in [3.63, 3.8) is 0 Å². The maximum Gasteiger partial charge on any atom is 0.267 e. The van der Waals surface area contributed by atoms with Gasteiger partial charge >= 0.3 is 0 Å². The van der Waals surface area contributed by atoms with E-state index in [2.05, 4.69) is 10.6 Å². The van der Waals surface area contributed by atoms with Crippen LogP contribution in [0.2, 0.25) is 0 Å². The van der Waals surface area contributed by atoms with Gasteiger partial charge in [0.15, 0.2) is 6.29 Å². The number of para-hydroxylation sites is 1. The Hall–Kier alpha value is -2.36. The fourth-order valence-electron chi connectivity index (χ4n) is 2.53. The van der Waals surface area contributed by atoms with E-state index in [4.69, 9.17) is 9.47 Å². The monoisotopic (exact) mass is 359 g/mol. The van der Waals surface area contributed by atoms with Crippen LogP contribution in [0.15, 0.2) is 30.0 Å². The highest BCUT2D eigenvalue weighted by Gasteiger charge is 2.14. The Morgan fingerprint density at radius 3 is 2.19 bits per heavy atom. The van der Waals surface area contributed by atoms with Gasteiger partial charge in [-0.15, -0.1) is 0 Å². The zero-order valence-electron chi connectivity index (χ0n) is 16.1. The van der Waals surface area contributed by atoms with Gasteiger partial charge in [0.25, 0.3) is 5.91 Å². The summed E-state index contributed by atoms with van der Waals surface area (Å²) in [5, 5.41) is 15.1. The third-order valence-electron chi connectivity index (χ3n) is 3.84. The largest absolute Gasteiger partial charge is 0.385 e. The average molecular weight is 359 g/mol. The number of nitrogens with zero attached hydrogens (tertiary/aromatic N) is 1. The topological polar surface area (TPSA) is 83.4 Å². The fourth-order valence-corrected chi connectivity index (χ4v) is 2.53. The molecule has 1 amide bonds. The van der Waals surface area contributed by atoms with Gasteiger partial charge in [-0.05, 0) is 37.8 Å². The molecule has 0 spiro atoms. The van der Waals surface area contributed by atoms with Gasteiger partial charge < -0.3 is 20.1 Å². The Balaban J connectivity index is 2.82. The first-order chi connectivity index (χ1) is 12.6. The van der Waals surface area contributed by atoms with Crippen LogP contribution in [0.3, 0.4) is 0 Å². The van der Waals surface area contributed by atoms with Crippen LogP contribution >= 0.6 is 0 Å². The first-order valence-electron chi connectivity index (χ1n) is 9.10. The van der Waals surface area contributed by atoms with Gasteiger partial charge in [-0.2, -0.15) is 5.26 Å². The third kappa shape index (κ3) is 6.51. The lowest BCUT2D eigenvalue weighted by atomic mass is 10.0. The molecule has 0 heterocycles. The number of carbonyl (C=O) groups is 1. The Bertz CT molecular complexity index is 622. The summed E-state index contributed by atoms with van der Waals surface area (Å²) in [5.41, 5.74) is 2.90.